The van der Waals surface area contributed by atoms with Gasteiger partial charge in [-0.1, -0.05) is 6.07 Å². The van der Waals surface area contributed by atoms with Crippen molar-refractivity contribution in [3.8, 4) is 11.5 Å². The summed E-state index contributed by atoms with van der Waals surface area (Å²) in [4.78, 5) is 15.7. The van der Waals surface area contributed by atoms with Crippen molar-refractivity contribution in [1.29, 1.82) is 0 Å². The molecule has 1 fully saturated rings. The van der Waals surface area contributed by atoms with Crippen LogP contribution in [0.15, 0.2) is 42.5 Å². The lowest BCUT2D eigenvalue weighted by molar-refractivity contribution is -0.128. The zero-order valence-corrected chi connectivity index (χ0v) is 20.6. The number of aryl methyl sites for hydroxylation is 2. The molecule has 0 radical (unpaired) electrons. The SMILES string of the molecule is Cc1ccc(Oc2ccc(N(O)C(=O)C3CN(C)C(=S(=O)=O)N(C)C3)cc2)cc1C.Cl.Cl. The summed E-state index contributed by atoms with van der Waals surface area (Å²) in [6.45, 7) is 4.42. The van der Waals surface area contributed by atoms with Gasteiger partial charge in [0, 0.05) is 13.1 Å². The highest BCUT2D eigenvalue weighted by Gasteiger charge is 2.34. The van der Waals surface area contributed by atoms with E-state index in [-0.39, 0.29) is 43.0 Å². The third-order valence-electron chi connectivity index (χ3n) is 5.14. The van der Waals surface area contributed by atoms with Crippen molar-refractivity contribution < 1.29 is 23.2 Å². The second-order valence-corrected chi connectivity index (χ2v) is 8.30. The number of hydroxylamine groups is 1. The van der Waals surface area contributed by atoms with Crippen LogP contribution in [0.2, 0.25) is 0 Å². The molecule has 1 saturated heterocycles. The lowest BCUT2D eigenvalue weighted by atomic mass is 10.1. The minimum Gasteiger partial charge on any atom is -0.457 e. The first-order chi connectivity index (χ1) is 14.2. The molecule has 0 aromatic heterocycles. The van der Waals surface area contributed by atoms with Gasteiger partial charge >= 0.3 is 0 Å². The monoisotopic (exact) mass is 503 g/mol. The molecule has 2 aromatic rings. The number of halogens is 2. The molecule has 0 bridgehead atoms. The first kappa shape index (κ1) is 27.9. The van der Waals surface area contributed by atoms with E-state index in [2.05, 4.69) is 0 Å². The number of benzene rings is 2. The van der Waals surface area contributed by atoms with E-state index in [0.29, 0.717) is 22.2 Å². The van der Waals surface area contributed by atoms with Crippen LogP contribution < -0.4 is 9.80 Å². The summed E-state index contributed by atoms with van der Waals surface area (Å²) in [7, 11) is 0.805. The Morgan fingerprint density at radius 3 is 2.00 bits per heavy atom. The van der Waals surface area contributed by atoms with Gasteiger partial charge in [-0.05, 0) is 75.5 Å². The van der Waals surface area contributed by atoms with E-state index in [1.165, 1.54) is 15.4 Å². The van der Waals surface area contributed by atoms with Crippen LogP contribution in [0.1, 0.15) is 11.1 Å². The lowest BCUT2D eigenvalue weighted by Gasteiger charge is -2.36. The average Bonchev–Trinajstić information content (AvgIpc) is 2.69. The van der Waals surface area contributed by atoms with Crippen LogP contribution in [-0.2, 0) is 15.1 Å². The molecule has 3 rings (SSSR count). The van der Waals surface area contributed by atoms with E-state index in [9.17, 15) is 18.4 Å². The highest BCUT2D eigenvalue weighted by molar-refractivity contribution is 7.72. The number of carbonyl (C=O) groups excluding carboxylic acids is 1. The molecule has 1 aliphatic rings. The van der Waals surface area contributed by atoms with Crippen molar-refractivity contribution in [3.05, 3.63) is 53.6 Å². The molecular weight excluding hydrogens is 477 g/mol. The van der Waals surface area contributed by atoms with Crippen molar-refractivity contribution in [2.75, 3.05) is 32.2 Å². The van der Waals surface area contributed by atoms with Crippen molar-refractivity contribution in [2.24, 2.45) is 5.92 Å². The van der Waals surface area contributed by atoms with E-state index in [0.717, 1.165) is 5.56 Å². The maximum atomic E-state index is 12.7. The normalized spacial score (nSPS) is 16.5. The second-order valence-electron chi connectivity index (χ2n) is 7.47. The zero-order chi connectivity index (χ0) is 22.0. The molecule has 1 heterocycles. The van der Waals surface area contributed by atoms with Crippen LogP contribution in [0.25, 0.3) is 0 Å². The minimum absolute atomic E-state index is 0. The number of hydrogen-bond acceptors (Lipinski definition) is 5. The third-order valence-corrected chi connectivity index (χ3v) is 6.07. The van der Waals surface area contributed by atoms with Crippen molar-refractivity contribution in [1.82, 2.24) is 9.80 Å². The van der Waals surface area contributed by atoms with Crippen LogP contribution in [0.4, 0.5) is 5.69 Å². The van der Waals surface area contributed by atoms with E-state index >= 15 is 0 Å². The topological polar surface area (TPSA) is 90.4 Å². The smallest absolute Gasteiger partial charge is 0.256 e. The Morgan fingerprint density at radius 2 is 1.50 bits per heavy atom. The summed E-state index contributed by atoms with van der Waals surface area (Å²) in [5, 5.41) is 11.1. The van der Waals surface area contributed by atoms with E-state index < -0.39 is 22.1 Å². The molecule has 0 aliphatic carbocycles. The van der Waals surface area contributed by atoms with Gasteiger partial charge in [-0.25, -0.2) is 0 Å². The van der Waals surface area contributed by atoms with Gasteiger partial charge in [0.2, 0.25) is 10.3 Å². The van der Waals surface area contributed by atoms with Crippen LogP contribution >= 0.6 is 24.8 Å². The third kappa shape index (κ3) is 6.22. The van der Waals surface area contributed by atoms with Gasteiger partial charge in [0.1, 0.15) is 11.5 Å². The fourth-order valence-electron chi connectivity index (χ4n) is 3.45. The van der Waals surface area contributed by atoms with Gasteiger partial charge in [0.15, 0.2) is 5.11 Å². The molecule has 0 spiro atoms. The number of hydrogen-bond donors (Lipinski definition) is 1. The molecule has 176 valence electrons. The Morgan fingerprint density at radius 1 is 0.969 bits per heavy atom. The van der Waals surface area contributed by atoms with Gasteiger partial charge in [-0.15, -0.1) is 24.8 Å². The van der Waals surface area contributed by atoms with Crippen LogP contribution in [0, 0.1) is 19.8 Å². The minimum atomic E-state index is -2.39. The van der Waals surface area contributed by atoms with Gasteiger partial charge < -0.3 is 4.74 Å². The van der Waals surface area contributed by atoms with Crippen molar-refractivity contribution in [2.45, 2.75) is 13.8 Å². The quantitative estimate of drug-likeness (QED) is 0.389. The van der Waals surface area contributed by atoms with Crippen LogP contribution in [0.5, 0.6) is 11.5 Å². The summed E-state index contributed by atoms with van der Waals surface area (Å²) in [5.41, 5.74) is 2.61. The number of amides is 1. The highest BCUT2D eigenvalue weighted by Crippen LogP contribution is 2.26. The Bertz CT molecular complexity index is 1070. The summed E-state index contributed by atoms with van der Waals surface area (Å²) >= 11 is 0. The van der Waals surface area contributed by atoms with Crippen LogP contribution in [-0.4, -0.2) is 61.6 Å². The number of ether oxygens (including phenoxy) is 1. The summed E-state index contributed by atoms with van der Waals surface area (Å²) in [6.07, 6.45) is 0. The summed E-state index contributed by atoms with van der Waals surface area (Å²) in [5.74, 6) is 0.201. The van der Waals surface area contributed by atoms with Gasteiger partial charge in [0.05, 0.1) is 11.6 Å². The van der Waals surface area contributed by atoms with Crippen molar-refractivity contribution in [3.63, 3.8) is 0 Å². The van der Waals surface area contributed by atoms with E-state index in [4.69, 9.17) is 4.74 Å². The van der Waals surface area contributed by atoms with Gasteiger partial charge in [-0.2, -0.15) is 13.5 Å². The second kappa shape index (κ2) is 11.6. The average molecular weight is 504 g/mol. The fraction of sp³-hybridized carbons (Fsp3) is 0.333. The molecular formula is C21H27Cl2N3O5S. The molecule has 0 unspecified atom stereocenters. The number of carbonyl (C=O) groups is 1. The fourth-order valence-corrected chi connectivity index (χ4v) is 4.10. The lowest BCUT2D eigenvalue weighted by Crippen LogP contribution is -2.55. The molecule has 2 aromatic carbocycles. The summed E-state index contributed by atoms with van der Waals surface area (Å²) in [6, 6.07) is 12.3. The number of rotatable bonds is 4. The molecule has 1 aliphatic heterocycles. The van der Waals surface area contributed by atoms with Gasteiger partial charge in [0.25, 0.3) is 5.91 Å². The Kier molecular flexibility index (Phi) is 10.2. The van der Waals surface area contributed by atoms with Gasteiger partial charge in [-0.3, -0.25) is 19.8 Å². The van der Waals surface area contributed by atoms with E-state index in [1.807, 2.05) is 32.0 Å². The maximum absolute atomic E-state index is 12.7. The molecule has 1 N–H and O–H groups in total. The number of anilines is 1. The first-order valence-corrected chi connectivity index (χ1v) is 10.5. The first-order valence-electron chi connectivity index (χ1n) is 9.44. The molecule has 11 heteroatoms. The van der Waals surface area contributed by atoms with Crippen molar-refractivity contribution >= 4 is 51.8 Å². The Labute approximate surface area is 201 Å². The zero-order valence-electron chi connectivity index (χ0n) is 18.2. The number of nitrogens with zero attached hydrogens (tertiary/aromatic N) is 3. The maximum Gasteiger partial charge on any atom is 0.256 e. The molecule has 1 amide bonds. The predicted molar refractivity (Wildman–Crippen MR) is 129 cm³/mol. The standard InChI is InChI=1S/C21H25N3O5S.2ClH/c1-14-5-8-19(11-15(14)2)29-18-9-6-17(7-10-18)24(26)20(25)16-12-22(3)21(30(27)28)23(4)13-16;;/h5-11,16,26H,12-13H2,1-4H3;2*1H. The Balaban J connectivity index is 0.00000256. The Hall–Kier alpha value is -2.14. The predicted octanol–water partition coefficient (Wildman–Crippen LogP) is 3.12. The van der Waals surface area contributed by atoms with E-state index in [1.54, 1.807) is 38.4 Å². The molecule has 32 heavy (non-hydrogen) atoms. The summed E-state index contributed by atoms with van der Waals surface area (Å²) < 4.78 is 28.5. The highest BCUT2D eigenvalue weighted by atomic mass is 35.5. The molecule has 0 atom stereocenters. The molecule has 0 saturated carbocycles. The molecule has 8 nitrogen and oxygen atoms in total. The van der Waals surface area contributed by atoms with Crippen LogP contribution in [0.3, 0.4) is 0 Å². The largest absolute Gasteiger partial charge is 0.457 e.